The number of nitrogens with zero attached hydrogens (tertiary/aromatic N) is 6. The third-order valence-corrected chi connectivity index (χ3v) is 10.8. The largest absolute Gasteiger partial charge is 2.00 e. The van der Waals surface area contributed by atoms with Gasteiger partial charge in [-0.15, -0.1) is 35.7 Å². The maximum Gasteiger partial charge on any atom is 2.00 e. The van der Waals surface area contributed by atoms with E-state index in [1.54, 1.807) is 4.80 Å². The second-order valence-corrected chi connectivity index (χ2v) is 15.6. The number of fused-ring (bicyclic) bond motifs is 6. The molecule has 5 aromatic carbocycles. The van der Waals surface area contributed by atoms with E-state index >= 15 is 0 Å². The molecule has 0 N–H and O–H groups in total. The molecular weight excluding hydrogens is 860 g/mol. The molecule has 0 fully saturated rings. The number of para-hydroxylation sites is 1. The zero-order chi connectivity index (χ0) is 37.6. The van der Waals surface area contributed by atoms with E-state index in [0.717, 1.165) is 55.9 Å². The molecule has 0 unspecified atom stereocenters. The summed E-state index contributed by atoms with van der Waals surface area (Å²) in [6, 6.07) is 36.9. The van der Waals surface area contributed by atoms with Gasteiger partial charge < -0.3 is 13.9 Å². The molecule has 0 spiro atoms. The van der Waals surface area contributed by atoms with Gasteiger partial charge in [0.15, 0.2) is 0 Å². The van der Waals surface area contributed by atoms with Crippen LogP contribution in [0.25, 0.3) is 60.8 Å². The van der Waals surface area contributed by atoms with Crippen molar-refractivity contribution in [2.45, 2.75) is 67.7 Å². The summed E-state index contributed by atoms with van der Waals surface area (Å²) in [4.78, 5) is 6.65. The minimum Gasteiger partial charge on any atom is -0.509 e. The number of ether oxygens (including phenoxy) is 1. The van der Waals surface area contributed by atoms with Crippen LogP contribution in [0.2, 0.25) is 0 Å². The number of benzene rings is 5. The van der Waals surface area contributed by atoms with Crippen LogP contribution in [0.1, 0.15) is 60.0 Å². The second kappa shape index (κ2) is 13.3. The second-order valence-electron chi connectivity index (χ2n) is 15.6. The first-order valence-corrected chi connectivity index (χ1v) is 18.5. The van der Waals surface area contributed by atoms with Crippen molar-refractivity contribution in [3.8, 4) is 28.7 Å². The Bertz CT molecular complexity index is 2910. The first kappa shape index (κ1) is 36.5. The number of rotatable bonds is 5. The Balaban J connectivity index is 0.00000427. The van der Waals surface area contributed by atoms with Crippen molar-refractivity contribution < 1.29 is 25.8 Å². The van der Waals surface area contributed by atoms with Gasteiger partial charge in [0.2, 0.25) is 0 Å². The quantitative estimate of drug-likeness (QED) is 0.161. The summed E-state index contributed by atoms with van der Waals surface area (Å²) in [5, 5.41) is 14.3. The molecule has 0 aliphatic heterocycles. The molecule has 0 aliphatic carbocycles. The predicted molar refractivity (Wildman–Crippen MR) is 219 cm³/mol. The van der Waals surface area contributed by atoms with Gasteiger partial charge in [0.25, 0.3) is 0 Å². The van der Waals surface area contributed by atoms with Gasteiger partial charge in [-0.05, 0) is 80.1 Å². The molecule has 0 radical (unpaired) electrons. The van der Waals surface area contributed by atoms with Gasteiger partial charge in [-0.1, -0.05) is 75.7 Å². The van der Waals surface area contributed by atoms with E-state index in [1.807, 2.05) is 38.2 Å². The molecule has 9 aromatic rings. The molecule has 0 saturated carbocycles. The van der Waals surface area contributed by atoms with Gasteiger partial charge in [-0.25, -0.2) is 4.98 Å². The summed E-state index contributed by atoms with van der Waals surface area (Å²) in [6.45, 7) is 19.3. The minimum absolute atomic E-state index is 0. The maximum absolute atomic E-state index is 6.53. The molecule has 0 saturated heterocycles. The fraction of sp³-hybridized carbons (Fsp3) is 0.213. The average molecular weight is 902 g/mol. The van der Waals surface area contributed by atoms with E-state index in [2.05, 4.69) is 136 Å². The van der Waals surface area contributed by atoms with E-state index in [-0.39, 0.29) is 26.5 Å². The fourth-order valence-corrected chi connectivity index (χ4v) is 7.95. The van der Waals surface area contributed by atoms with Crippen LogP contribution in [0.5, 0.6) is 11.5 Å². The average Bonchev–Trinajstić information content (AvgIpc) is 3.81. The van der Waals surface area contributed by atoms with Crippen molar-refractivity contribution in [2.75, 3.05) is 0 Å². The van der Waals surface area contributed by atoms with Gasteiger partial charge in [-0.3, -0.25) is 0 Å². The maximum atomic E-state index is 6.53. The minimum atomic E-state index is -0.123. The van der Waals surface area contributed by atoms with Crippen molar-refractivity contribution in [3.63, 3.8) is 0 Å². The summed E-state index contributed by atoms with van der Waals surface area (Å²) < 4.78 is 11.2. The Morgan fingerprint density at radius 1 is 0.636 bits per heavy atom. The zero-order valence-corrected chi connectivity index (χ0v) is 34.8. The van der Waals surface area contributed by atoms with Crippen LogP contribution in [0, 0.1) is 53.7 Å². The predicted octanol–water partition coefficient (Wildman–Crippen LogP) is 11.4. The molecule has 0 amide bonds. The Hall–Kier alpha value is -5.52. The van der Waals surface area contributed by atoms with E-state index in [4.69, 9.17) is 19.9 Å². The summed E-state index contributed by atoms with van der Waals surface area (Å²) >= 11 is 0. The van der Waals surface area contributed by atoms with Crippen molar-refractivity contribution in [3.05, 3.63) is 142 Å². The molecule has 9 rings (SSSR count). The number of hydrogen-bond donors (Lipinski definition) is 0. The Labute approximate surface area is 335 Å². The SMILES string of the molecule is Cc1cc(Oc2[c-]c3c(cc2)c2ccccc2n3-c2cc(-n3c4c(C)c(C)ccc4c4ccc(C)c(C)c43)ccn2)[c-]c(-n2nc(C)c(C(C)(C)C)n2)c1.[Pt+2]. The van der Waals surface area contributed by atoms with Crippen LogP contribution in [0.3, 0.4) is 0 Å². The Kier molecular flexibility index (Phi) is 8.85. The van der Waals surface area contributed by atoms with Crippen LogP contribution in [0.15, 0.2) is 91.1 Å². The van der Waals surface area contributed by atoms with Gasteiger partial charge in [0.05, 0.1) is 28.1 Å². The third kappa shape index (κ3) is 5.97. The van der Waals surface area contributed by atoms with Crippen LogP contribution in [-0.4, -0.2) is 29.1 Å². The van der Waals surface area contributed by atoms with Gasteiger partial charge in [0, 0.05) is 45.5 Å². The Morgan fingerprint density at radius 2 is 1.31 bits per heavy atom. The van der Waals surface area contributed by atoms with Crippen LogP contribution < -0.4 is 4.74 Å². The monoisotopic (exact) mass is 901 g/mol. The van der Waals surface area contributed by atoms with Crippen molar-refractivity contribution in [1.29, 1.82) is 0 Å². The molecule has 7 nitrogen and oxygen atoms in total. The standard InChI is InChI=1S/C47H42N6O.Pt/c1-27-22-34(53-49-32(6)46(50-53)47(7,8)9)24-36(23-27)54-35-16-19-38-37-12-10-11-13-41(37)52(42(38)26-35)43-25-33(20-21-48-43)51-44-30(4)28(2)14-17-39(44)40-18-15-29(3)31(5)45(40)51;/h10-23,25H,1-9H3;/q-2;+2. The van der Waals surface area contributed by atoms with E-state index in [9.17, 15) is 0 Å². The van der Waals surface area contributed by atoms with Crippen LogP contribution >= 0.6 is 0 Å². The van der Waals surface area contributed by atoms with Crippen molar-refractivity contribution in [2.24, 2.45) is 0 Å². The summed E-state index contributed by atoms with van der Waals surface area (Å²) in [6.07, 6.45) is 1.92. The molecule has 8 heteroatoms. The van der Waals surface area contributed by atoms with Crippen LogP contribution in [0.4, 0.5) is 0 Å². The molecular formula is C47H42N6OPt. The molecule has 55 heavy (non-hydrogen) atoms. The first-order valence-electron chi connectivity index (χ1n) is 18.5. The number of hydrogen-bond acceptors (Lipinski definition) is 4. The van der Waals surface area contributed by atoms with Crippen molar-refractivity contribution in [1.82, 2.24) is 29.1 Å². The summed E-state index contributed by atoms with van der Waals surface area (Å²) in [7, 11) is 0. The van der Waals surface area contributed by atoms with E-state index in [1.165, 1.54) is 44.1 Å². The molecule has 4 heterocycles. The Morgan fingerprint density at radius 3 is 1.98 bits per heavy atom. The van der Waals surface area contributed by atoms with Crippen molar-refractivity contribution >= 4 is 43.6 Å². The number of aryl methyl sites for hydroxylation is 6. The topological polar surface area (TPSA) is 62.7 Å². The number of pyridine rings is 1. The van der Waals surface area contributed by atoms with Crippen LogP contribution in [-0.2, 0) is 26.5 Å². The van der Waals surface area contributed by atoms with Gasteiger partial charge >= 0.3 is 21.1 Å². The molecule has 276 valence electrons. The summed E-state index contributed by atoms with van der Waals surface area (Å²) in [5.74, 6) is 1.95. The van der Waals surface area contributed by atoms with E-state index < -0.39 is 0 Å². The van der Waals surface area contributed by atoms with E-state index in [0.29, 0.717) is 11.5 Å². The first-order chi connectivity index (χ1) is 25.9. The smallest absolute Gasteiger partial charge is 0.509 e. The normalized spacial score (nSPS) is 11.9. The summed E-state index contributed by atoms with van der Waals surface area (Å²) in [5.41, 5.74) is 14.0. The fourth-order valence-electron chi connectivity index (χ4n) is 7.95. The zero-order valence-electron chi connectivity index (χ0n) is 32.6. The van der Waals surface area contributed by atoms with Gasteiger partial charge in [-0.2, -0.15) is 26.6 Å². The molecule has 0 atom stereocenters. The molecule has 0 bridgehead atoms. The van der Waals surface area contributed by atoms with Gasteiger partial charge in [0.1, 0.15) is 5.82 Å². The third-order valence-electron chi connectivity index (χ3n) is 10.8. The molecule has 0 aliphatic rings. The molecule has 4 aromatic heterocycles. The number of aromatic nitrogens is 6.